The minimum atomic E-state index is 0.0916. The van der Waals surface area contributed by atoms with E-state index >= 15 is 0 Å². The van der Waals surface area contributed by atoms with Gasteiger partial charge in [-0.2, -0.15) is 0 Å². The predicted octanol–water partition coefficient (Wildman–Crippen LogP) is 3.89. The molecular weight excluding hydrogens is 224 g/mol. The Labute approximate surface area is 108 Å². The van der Waals surface area contributed by atoms with Gasteiger partial charge in [0.15, 0.2) is 0 Å². The van der Waals surface area contributed by atoms with Crippen molar-refractivity contribution in [3.8, 4) is 22.6 Å². The molecule has 2 N–H and O–H groups in total. The molecule has 0 spiro atoms. The van der Waals surface area contributed by atoms with Crippen LogP contribution in [-0.2, 0) is 12.8 Å². The Kier molecular flexibility index (Phi) is 3.56. The quantitative estimate of drug-likeness (QED) is 0.857. The zero-order valence-electron chi connectivity index (χ0n) is 10.8. The maximum atomic E-state index is 9.59. The zero-order chi connectivity index (χ0) is 13.1. The van der Waals surface area contributed by atoms with E-state index < -0.39 is 0 Å². The SMILES string of the molecule is CCc1ccc(CC)c(-c2cc(O)cc(O)c2)c1. The van der Waals surface area contributed by atoms with E-state index in [-0.39, 0.29) is 11.5 Å². The summed E-state index contributed by atoms with van der Waals surface area (Å²) in [6, 6.07) is 11.1. The highest BCUT2D eigenvalue weighted by molar-refractivity contribution is 5.71. The van der Waals surface area contributed by atoms with Crippen LogP contribution in [0.3, 0.4) is 0 Å². The summed E-state index contributed by atoms with van der Waals surface area (Å²) in [4.78, 5) is 0. The van der Waals surface area contributed by atoms with Crippen LogP contribution < -0.4 is 0 Å². The summed E-state index contributed by atoms with van der Waals surface area (Å²) in [5, 5.41) is 19.2. The number of phenols is 2. The maximum absolute atomic E-state index is 9.59. The molecule has 0 amide bonds. The fraction of sp³-hybridized carbons (Fsp3) is 0.250. The molecule has 0 bridgehead atoms. The van der Waals surface area contributed by atoms with Crippen molar-refractivity contribution in [3.05, 3.63) is 47.5 Å². The monoisotopic (exact) mass is 242 g/mol. The first kappa shape index (κ1) is 12.5. The third kappa shape index (κ3) is 2.48. The Balaban J connectivity index is 2.60. The molecule has 0 aliphatic rings. The van der Waals surface area contributed by atoms with Gasteiger partial charge in [-0.25, -0.2) is 0 Å². The Morgan fingerprint density at radius 3 is 2.06 bits per heavy atom. The standard InChI is InChI=1S/C16H18O2/c1-3-11-5-6-12(4-2)16(7-11)13-8-14(17)10-15(18)9-13/h5-10,17-18H,3-4H2,1-2H3. The summed E-state index contributed by atoms with van der Waals surface area (Å²) in [5.74, 6) is 0.183. The third-order valence-corrected chi connectivity index (χ3v) is 3.18. The van der Waals surface area contributed by atoms with Crippen molar-refractivity contribution in [2.75, 3.05) is 0 Å². The number of hydrogen-bond donors (Lipinski definition) is 2. The van der Waals surface area contributed by atoms with E-state index in [0.29, 0.717) is 0 Å². The van der Waals surface area contributed by atoms with Gasteiger partial charge < -0.3 is 10.2 Å². The van der Waals surface area contributed by atoms with Crippen LogP contribution in [0.25, 0.3) is 11.1 Å². The first-order chi connectivity index (χ1) is 8.63. The van der Waals surface area contributed by atoms with Gasteiger partial charge >= 0.3 is 0 Å². The molecule has 0 radical (unpaired) electrons. The van der Waals surface area contributed by atoms with Crippen LogP contribution in [0.5, 0.6) is 11.5 Å². The third-order valence-electron chi connectivity index (χ3n) is 3.18. The number of aromatic hydroxyl groups is 2. The lowest BCUT2D eigenvalue weighted by Gasteiger charge is -2.11. The zero-order valence-corrected chi connectivity index (χ0v) is 10.8. The highest BCUT2D eigenvalue weighted by Crippen LogP contribution is 2.31. The first-order valence-corrected chi connectivity index (χ1v) is 6.29. The van der Waals surface area contributed by atoms with Gasteiger partial charge in [0, 0.05) is 6.07 Å². The van der Waals surface area contributed by atoms with Gasteiger partial charge in [-0.15, -0.1) is 0 Å². The molecule has 2 rings (SSSR count). The first-order valence-electron chi connectivity index (χ1n) is 6.29. The Hall–Kier alpha value is -1.96. The fourth-order valence-electron chi connectivity index (χ4n) is 2.17. The molecule has 2 aromatic carbocycles. The lowest BCUT2D eigenvalue weighted by Crippen LogP contribution is -1.90. The largest absolute Gasteiger partial charge is 0.508 e. The lowest BCUT2D eigenvalue weighted by molar-refractivity contribution is 0.451. The van der Waals surface area contributed by atoms with Gasteiger partial charge in [0.25, 0.3) is 0 Å². The second-order valence-electron chi connectivity index (χ2n) is 4.44. The summed E-state index contributed by atoms with van der Waals surface area (Å²) in [6.07, 6.45) is 1.90. The Bertz CT molecular complexity index is 539. The molecule has 0 aliphatic heterocycles. The number of phenolic OH excluding ortho intramolecular Hbond substituents is 2. The van der Waals surface area contributed by atoms with E-state index in [1.165, 1.54) is 17.2 Å². The Morgan fingerprint density at radius 2 is 1.50 bits per heavy atom. The number of aryl methyl sites for hydroxylation is 2. The van der Waals surface area contributed by atoms with Crippen LogP contribution in [0.15, 0.2) is 36.4 Å². The molecule has 2 aromatic rings. The van der Waals surface area contributed by atoms with Crippen molar-refractivity contribution < 1.29 is 10.2 Å². The highest BCUT2D eigenvalue weighted by Gasteiger charge is 2.07. The van der Waals surface area contributed by atoms with Gasteiger partial charge in [-0.3, -0.25) is 0 Å². The van der Waals surface area contributed by atoms with Crippen molar-refractivity contribution >= 4 is 0 Å². The van der Waals surface area contributed by atoms with Crippen LogP contribution in [0.1, 0.15) is 25.0 Å². The average molecular weight is 242 g/mol. The molecule has 0 atom stereocenters. The van der Waals surface area contributed by atoms with Crippen molar-refractivity contribution in [3.63, 3.8) is 0 Å². The van der Waals surface area contributed by atoms with E-state index in [4.69, 9.17) is 0 Å². The van der Waals surface area contributed by atoms with Crippen molar-refractivity contribution in [2.45, 2.75) is 26.7 Å². The molecule has 94 valence electrons. The molecule has 0 aliphatic carbocycles. The minimum Gasteiger partial charge on any atom is -0.508 e. The van der Waals surface area contributed by atoms with Gasteiger partial charge in [0.2, 0.25) is 0 Å². The fourth-order valence-corrected chi connectivity index (χ4v) is 2.17. The molecular formula is C16H18O2. The summed E-state index contributed by atoms with van der Waals surface area (Å²) in [6.45, 7) is 4.22. The summed E-state index contributed by atoms with van der Waals surface area (Å²) >= 11 is 0. The summed E-state index contributed by atoms with van der Waals surface area (Å²) in [5.41, 5.74) is 4.42. The van der Waals surface area contributed by atoms with Gasteiger partial charge in [-0.1, -0.05) is 32.0 Å². The smallest absolute Gasteiger partial charge is 0.119 e. The van der Waals surface area contributed by atoms with Crippen molar-refractivity contribution in [2.24, 2.45) is 0 Å². The van der Waals surface area contributed by atoms with Crippen LogP contribution in [0.2, 0.25) is 0 Å². The molecule has 0 unspecified atom stereocenters. The molecule has 2 heteroatoms. The van der Waals surface area contributed by atoms with Crippen LogP contribution in [0, 0.1) is 0 Å². The van der Waals surface area contributed by atoms with E-state index in [1.54, 1.807) is 12.1 Å². The van der Waals surface area contributed by atoms with Crippen molar-refractivity contribution in [1.29, 1.82) is 0 Å². The number of hydrogen-bond acceptors (Lipinski definition) is 2. The minimum absolute atomic E-state index is 0.0916. The Morgan fingerprint density at radius 1 is 0.833 bits per heavy atom. The van der Waals surface area contributed by atoms with E-state index in [0.717, 1.165) is 24.0 Å². The average Bonchev–Trinajstić information content (AvgIpc) is 2.36. The second kappa shape index (κ2) is 5.13. The molecule has 0 aromatic heterocycles. The van der Waals surface area contributed by atoms with Crippen LogP contribution >= 0.6 is 0 Å². The highest BCUT2D eigenvalue weighted by atomic mass is 16.3. The predicted molar refractivity (Wildman–Crippen MR) is 74.0 cm³/mol. The molecule has 0 heterocycles. The topological polar surface area (TPSA) is 40.5 Å². The summed E-state index contributed by atoms with van der Waals surface area (Å²) < 4.78 is 0. The molecule has 2 nitrogen and oxygen atoms in total. The van der Waals surface area contributed by atoms with Gasteiger partial charge in [0.1, 0.15) is 11.5 Å². The molecule has 0 fully saturated rings. The molecule has 18 heavy (non-hydrogen) atoms. The summed E-state index contributed by atoms with van der Waals surface area (Å²) in [7, 11) is 0. The molecule has 0 saturated carbocycles. The second-order valence-corrected chi connectivity index (χ2v) is 4.44. The van der Waals surface area contributed by atoms with E-state index in [1.807, 2.05) is 0 Å². The van der Waals surface area contributed by atoms with E-state index in [2.05, 4.69) is 32.0 Å². The van der Waals surface area contributed by atoms with E-state index in [9.17, 15) is 10.2 Å². The van der Waals surface area contributed by atoms with Gasteiger partial charge in [-0.05, 0) is 47.2 Å². The van der Waals surface area contributed by atoms with Crippen LogP contribution in [0.4, 0.5) is 0 Å². The number of rotatable bonds is 3. The lowest BCUT2D eigenvalue weighted by atomic mass is 9.95. The van der Waals surface area contributed by atoms with Crippen LogP contribution in [-0.4, -0.2) is 10.2 Å². The number of benzene rings is 2. The van der Waals surface area contributed by atoms with Crippen molar-refractivity contribution in [1.82, 2.24) is 0 Å². The van der Waals surface area contributed by atoms with Gasteiger partial charge in [0.05, 0.1) is 0 Å². The normalized spacial score (nSPS) is 10.6. The molecule has 0 saturated heterocycles. The maximum Gasteiger partial charge on any atom is 0.119 e.